The summed E-state index contributed by atoms with van der Waals surface area (Å²) in [6.45, 7) is 4.24. The van der Waals surface area contributed by atoms with E-state index in [4.69, 9.17) is 5.73 Å². The zero-order valence-corrected chi connectivity index (χ0v) is 10.5. The summed E-state index contributed by atoms with van der Waals surface area (Å²) in [6, 6.07) is -0.00680. The number of nitrogens with two attached hydrogens (primary N) is 1. The minimum atomic E-state index is -0.00680. The summed E-state index contributed by atoms with van der Waals surface area (Å²) in [7, 11) is 1.95. The van der Waals surface area contributed by atoms with Gasteiger partial charge in [0.2, 0.25) is 0 Å². The van der Waals surface area contributed by atoms with Crippen LogP contribution in [-0.4, -0.2) is 14.8 Å². The molecule has 1 saturated carbocycles. The Morgan fingerprint density at radius 2 is 1.94 bits per heavy atom. The predicted octanol–water partition coefficient (Wildman–Crippen LogP) is 2.13. The van der Waals surface area contributed by atoms with Gasteiger partial charge in [0, 0.05) is 13.0 Å². The molecular weight excluding hydrogens is 200 g/mol. The van der Waals surface area contributed by atoms with E-state index in [1.807, 2.05) is 11.7 Å². The van der Waals surface area contributed by atoms with Gasteiger partial charge in [-0.05, 0) is 18.8 Å². The second kappa shape index (κ2) is 4.53. The molecule has 1 aromatic heterocycles. The van der Waals surface area contributed by atoms with Crippen molar-refractivity contribution in [1.29, 1.82) is 0 Å². The molecule has 90 valence electrons. The zero-order chi connectivity index (χ0) is 11.7. The highest BCUT2D eigenvalue weighted by molar-refractivity contribution is 5.04. The summed E-state index contributed by atoms with van der Waals surface area (Å²) >= 11 is 0. The minimum absolute atomic E-state index is 0.00680. The van der Waals surface area contributed by atoms with Crippen molar-refractivity contribution in [3.05, 3.63) is 11.6 Å². The van der Waals surface area contributed by atoms with E-state index in [0.717, 1.165) is 11.6 Å². The van der Waals surface area contributed by atoms with Crippen LogP contribution in [0.2, 0.25) is 0 Å². The van der Waals surface area contributed by atoms with Crippen LogP contribution in [0.3, 0.4) is 0 Å². The van der Waals surface area contributed by atoms with E-state index in [-0.39, 0.29) is 6.04 Å². The smallest absolute Gasteiger partial charge is 0.154 e. The molecule has 1 atom stereocenters. The average Bonchev–Trinajstić information content (AvgIpc) is 2.84. The Balaban J connectivity index is 2.20. The predicted molar refractivity (Wildman–Crippen MR) is 64.0 cm³/mol. The molecule has 1 unspecified atom stereocenters. The molecule has 2 rings (SSSR count). The van der Waals surface area contributed by atoms with Crippen LogP contribution in [0.25, 0.3) is 0 Å². The zero-order valence-electron chi connectivity index (χ0n) is 10.5. The second-order valence-corrected chi connectivity index (χ2v) is 5.20. The van der Waals surface area contributed by atoms with Crippen molar-refractivity contribution in [2.24, 2.45) is 18.7 Å². The molecular formula is C12H22N4. The number of aryl methyl sites for hydroxylation is 1. The fourth-order valence-corrected chi connectivity index (χ4v) is 2.36. The SMILES string of the molecule is CC(C)C(N)c1nc(C2CCCC2)nn1C. The maximum absolute atomic E-state index is 6.13. The molecule has 16 heavy (non-hydrogen) atoms. The van der Waals surface area contributed by atoms with Crippen LogP contribution in [0.5, 0.6) is 0 Å². The van der Waals surface area contributed by atoms with Crippen LogP contribution in [0.1, 0.15) is 63.1 Å². The van der Waals surface area contributed by atoms with Gasteiger partial charge in [0.05, 0.1) is 6.04 Å². The fraction of sp³-hybridized carbons (Fsp3) is 0.833. The Hall–Kier alpha value is -0.900. The van der Waals surface area contributed by atoms with Gasteiger partial charge < -0.3 is 5.73 Å². The van der Waals surface area contributed by atoms with Crippen LogP contribution in [0.4, 0.5) is 0 Å². The van der Waals surface area contributed by atoms with Gasteiger partial charge in [-0.1, -0.05) is 26.7 Å². The van der Waals surface area contributed by atoms with Crippen LogP contribution in [0.15, 0.2) is 0 Å². The largest absolute Gasteiger partial charge is 0.321 e. The summed E-state index contributed by atoms with van der Waals surface area (Å²) in [6.07, 6.45) is 5.10. The molecule has 2 N–H and O–H groups in total. The molecule has 0 amide bonds. The van der Waals surface area contributed by atoms with Gasteiger partial charge >= 0.3 is 0 Å². The third kappa shape index (κ3) is 2.12. The number of rotatable bonds is 3. The summed E-state index contributed by atoms with van der Waals surface area (Å²) in [4.78, 5) is 4.64. The van der Waals surface area contributed by atoms with Gasteiger partial charge in [-0.25, -0.2) is 4.98 Å². The first-order valence-electron chi connectivity index (χ1n) is 6.26. The highest BCUT2D eigenvalue weighted by Crippen LogP contribution is 2.32. The molecule has 1 heterocycles. The van der Waals surface area contributed by atoms with Crippen molar-refractivity contribution < 1.29 is 0 Å². The third-order valence-electron chi connectivity index (χ3n) is 3.55. The van der Waals surface area contributed by atoms with Crippen LogP contribution < -0.4 is 5.73 Å². The molecule has 0 spiro atoms. The number of hydrogen-bond acceptors (Lipinski definition) is 3. The van der Waals surface area contributed by atoms with E-state index in [0.29, 0.717) is 11.8 Å². The van der Waals surface area contributed by atoms with Crippen molar-refractivity contribution in [2.45, 2.75) is 51.5 Å². The molecule has 0 radical (unpaired) electrons. The topological polar surface area (TPSA) is 56.7 Å². The highest BCUT2D eigenvalue weighted by atomic mass is 15.3. The highest BCUT2D eigenvalue weighted by Gasteiger charge is 2.24. The van der Waals surface area contributed by atoms with Crippen molar-refractivity contribution in [2.75, 3.05) is 0 Å². The Morgan fingerprint density at radius 1 is 1.31 bits per heavy atom. The quantitative estimate of drug-likeness (QED) is 0.852. The first-order valence-corrected chi connectivity index (χ1v) is 6.26. The monoisotopic (exact) mass is 222 g/mol. The van der Waals surface area contributed by atoms with Gasteiger partial charge in [-0.15, -0.1) is 0 Å². The summed E-state index contributed by atoms with van der Waals surface area (Å²) in [5.41, 5.74) is 6.13. The molecule has 1 aliphatic carbocycles. The maximum Gasteiger partial charge on any atom is 0.154 e. The number of aromatic nitrogens is 3. The second-order valence-electron chi connectivity index (χ2n) is 5.20. The van der Waals surface area contributed by atoms with E-state index < -0.39 is 0 Å². The molecule has 0 bridgehead atoms. The Bertz CT molecular complexity index is 350. The lowest BCUT2D eigenvalue weighted by atomic mass is 10.0. The molecule has 4 heteroatoms. The lowest BCUT2D eigenvalue weighted by Crippen LogP contribution is -2.21. The van der Waals surface area contributed by atoms with Crippen molar-refractivity contribution in [3.63, 3.8) is 0 Å². The summed E-state index contributed by atoms with van der Waals surface area (Å²) in [5, 5.41) is 4.52. The van der Waals surface area contributed by atoms with Gasteiger partial charge in [0.15, 0.2) is 5.82 Å². The van der Waals surface area contributed by atoms with E-state index >= 15 is 0 Å². The lowest BCUT2D eigenvalue weighted by molar-refractivity contribution is 0.469. The number of nitrogens with zero attached hydrogens (tertiary/aromatic N) is 3. The van der Waals surface area contributed by atoms with Crippen molar-refractivity contribution in [3.8, 4) is 0 Å². The minimum Gasteiger partial charge on any atom is -0.321 e. The van der Waals surface area contributed by atoms with Crippen LogP contribution >= 0.6 is 0 Å². The normalized spacial score (nSPS) is 19.6. The Labute approximate surface area is 97.2 Å². The van der Waals surface area contributed by atoms with Crippen molar-refractivity contribution >= 4 is 0 Å². The average molecular weight is 222 g/mol. The third-order valence-corrected chi connectivity index (χ3v) is 3.55. The molecule has 4 nitrogen and oxygen atoms in total. The first-order chi connectivity index (χ1) is 7.59. The van der Waals surface area contributed by atoms with Crippen LogP contribution in [-0.2, 0) is 7.05 Å². The molecule has 1 fully saturated rings. The van der Waals surface area contributed by atoms with Crippen LogP contribution in [0, 0.1) is 5.92 Å². The number of hydrogen-bond donors (Lipinski definition) is 1. The standard InChI is InChI=1S/C12H22N4/c1-8(2)10(13)12-14-11(15-16(12)3)9-6-4-5-7-9/h8-10H,4-7,13H2,1-3H3. The van der Waals surface area contributed by atoms with Gasteiger partial charge in [0.25, 0.3) is 0 Å². The maximum atomic E-state index is 6.13. The molecule has 0 aromatic carbocycles. The molecule has 1 aromatic rings. The Kier molecular flexibility index (Phi) is 3.28. The van der Waals surface area contributed by atoms with Gasteiger partial charge in [-0.3, -0.25) is 4.68 Å². The van der Waals surface area contributed by atoms with E-state index in [9.17, 15) is 0 Å². The van der Waals surface area contributed by atoms with Gasteiger partial charge in [0.1, 0.15) is 5.82 Å². The first kappa shape index (κ1) is 11.6. The molecule has 0 aliphatic heterocycles. The Morgan fingerprint density at radius 3 is 2.50 bits per heavy atom. The molecule has 0 saturated heterocycles. The molecule has 1 aliphatic rings. The van der Waals surface area contributed by atoms with E-state index in [1.54, 1.807) is 0 Å². The van der Waals surface area contributed by atoms with Crippen molar-refractivity contribution in [1.82, 2.24) is 14.8 Å². The van der Waals surface area contributed by atoms with E-state index in [2.05, 4.69) is 23.9 Å². The summed E-state index contributed by atoms with van der Waals surface area (Å²) in [5.74, 6) is 2.90. The van der Waals surface area contributed by atoms with Gasteiger partial charge in [-0.2, -0.15) is 5.10 Å². The summed E-state index contributed by atoms with van der Waals surface area (Å²) < 4.78 is 1.86. The lowest BCUT2D eigenvalue weighted by Gasteiger charge is -2.13. The van der Waals surface area contributed by atoms with E-state index in [1.165, 1.54) is 25.7 Å². The fourth-order valence-electron chi connectivity index (χ4n) is 2.36.